The predicted octanol–water partition coefficient (Wildman–Crippen LogP) is 1.83. The van der Waals surface area contributed by atoms with Gasteiger partial charge in [-0.05, 0) is 20.3 Å². The van der Waals surface area contributed by atoms with Gasteiger partial charge in [0.1, 0.15) is 5.82 Å². The van der Waals surface area contributed by atoms with E-state index in [1.54, 1.807) is 7.11 Å². The molecule has 0 saturated heterocycles. The Morgan fingerprint density at radius 3 is 2.68 bits per heavy atom. The monoisotopic (exact) mass is 287 g/mol. The van der Waals surface area contributed by atoms with Gasteiger partial charge in [0.2, 0.25) is 0 Å². The first-order valence-corrected chi connectivity index (χ1v) is 7.20. The maximum Gasteiger partial charge on any atom is 0.313 e. The number of aliphatic carboxylic acids is 1. The summed E-state index contributed by atoms with van der Waals surface area (Å²) in [6, 6.07) is 0. The minimum Gasteiger partial charge on any atom is -0.481 e. The number of thioether (sulfide) groups is 1. The molecule has 108 valence electrons. The first-order chi connectivity index (χ1) is 8.89. The quantitative estimate of drug-likeness (QED) is 0.735. The Morgan fingerprint density at radius 2 is 2.16 bits per heavy atom. The Bertz CT molecular complexity index is 432. The van der Waals surface area contributed by atoms with Gasteiger partial charge in [0, 0.05) is 20.1 Å². The standard InChI is InChI=1S/C12H21N3O3S/c1-5-6-15-9(7-12(2,3)18-4)13-14-11(15)19-8-10(16)17/h5-8H2,1-4H3,(H,16,17). The second-order valence-electron chi connectivity index (χ2n) is 4.87. The number of carboxylic acid groups (broad SMARTS) is 1. The molecule has 6 nitrogen and oxygen atoms in total. The molecule has 0 aliphatic heterocycles. The summed E-state index contributed by atoms with van der Waals surface area (Å²) >= 11 is 1.20. The fourth-order valence-electron chi connectivity index (χ4n) is 1.58. The number of methoxy groups -OCH3 is 1. The molecule has 1 rings (SSSR count). The van der Waals surface area contributed by atoms with Gasteiger partial charge in [-0.25, -0.2) is 0 Å². The summed E-state index contributed by atoms with van der Waals surface area (Å²) in [7, 11) is 1.67. The van der Waals surface area contributed by atoms with E-state index in [1.165, 1.54) is 11.8 Å². The Kier molecular flexibility index (Phi) is 5.81. The highest BCUT2D eigenvalue weighted by Gasteiger charge is 2.22. The number of hydrogen-bond donors (Lipinski definition) is 1. The van der Waals surface area contributed by atoms with Crippen molar-refractivity contribution < 1.29 is 14.6 Å². The van der Waals surface area contributed by atoms with Gasteiger partial charge in [0.15, 0.2) is 5.16 Å². The van der Waals surface area contributed by atoms with Gasteiger partial charge >= 0.3 is 5.97 Å². The highest BCUT2D eigenvalue weighted by molar-refractivity contribution is 7.99. The normalized spacial score (nSPS) is 11.8. The van der Waals surface area contributed by atoms with Crippen LogP contribution in [0.3, 0.4) is 0 Å². The summed E-state index contributed by atoms with van der Waals surface area (Å²) in [5, 5.41) is 17.6. The van der Waals surface area contributed by atoms with Crippen molar-refractivity contribution >= 4 is 17.7 Å². The lowest BCUT2D eigenvalue weighted by Crippen LogP contribution is -2.27. The van der Waals surface area contributed by atoms with Crippen molar-refractivity contribution in [2.75, 3.05) is 12.9 Å². The van der Waals surface area contributed by atoms with Crippen LogP contribution in [0.4, 0.5) is 0 Å². The lowest BCUT2D eigenvalue weighted by atomic mass is 10.1. The number of carbonyl (C=O) groups is 1. The van der Waals surface area contributed by atoms with Crippen LogP contribution in [0.25, 0.3) is 0 Å². The average molecular weight is 287 g/mol. The Labute approximate surface area is 117 Å². The smallest absolute Gasteiger partial charge is 0.313 e. The first kappa shape index (κ1) is 16.0. The summed E-state index contributed by atoms with van der Waals surface area (Å²) in [6.07, 6.45) is 1.59. The fraction of sp³-hybridized carbons (Fsp3) is 0.750. The van der Waals surface area contributed by atoms with Crippen molar-refractivity contribution in [3.8, 4) is 0 Å². The number of nitrogens with zero attached hydrogens (tertiary/aromatic N) is 3. The third kappa shape index (κ3) is 4.83. The lowest BCUT2D eigenvalue weighted by molar-refractivity contribution is -0.133. The Balaban J connectivity index is 2.89. The van der Waals surface area contributed by atoms with E-state index in [9.17, 15) is 4.79 Å². The second kappa shape index (κ2) is 6.91. The minimum absolute atomic E-state index is 0.00445. The van der Waals surface area contributed by atoms with E-state index in [0.717, 1.165) is 18.8 Å². The van der Waals surface area contributed by atoms with Gasteiger partial charge in [-0.2, -0.15) is 0 Å². The molecule has 0 aromatic carbocycles. The van der Waals surface area contributed by atoms with Crippen molar-refractivity contribution in [1.29, 1.82) is 0 Å². The molecule has 0 fully saturated rings. The molecule has 0 unspecified atom stereocenters. The molecule has 0 aliphatic carbocycles. The zero-order valence-electron chi connectivity index (χ0n) is 11.8. The topological polar surface area (TPSA) is 77.2 Å². The van der Waals surface area contributed by atoms with Crippen molar-refractivity contribution in [2.24, 2.45) is 0 Å². The molecule has 1 aromatic heterocycles. The van der Waals surface area contributed by atoms with Crippen LogP contribution in [0.5, 0.6) is 0 Å². The molecule has 7 heteroatoms. The summed E-state index contributed by atoms with van der Waals surface area (Å²) in [6.45, 7) is 6.82. The van der Waals surface area contributed by atoms with Crippen LogP contribution in [-0.2, 0) is 22.5 Å². The van der Waals surface area contributed by atoms with Crippen LogP contribution < -0.4 is 0 Å². The van der Waals surface area contributed by atoms with Gasteiger partial charge < -0.3 is 14.4 Å². The van der Waals surface area contributed by atoms with Gasteiger partial charge in [-0.15, -0.1) is 10.2 Å². The number of aromatic nitrogens is 3. The maximum absolute atomic E-state index is 10.6. The van der Waals surface area contributed by atoms with Crippen LogP contribution in [0.2, 0.25) is 0 Å². The Morgan fingerprint density at radius 1 is 1.47 bits per heavy atom. The molecule has 1 N–H and O–H groups in total. The van der Waals surface area contributed by atoms with E-state index in [-0.39, 0.29) is 11.4 Å². The molecule has 0 spiro atoms. The van der Waals surface area contributed by atoms with Crippen molar-refractivity contribution in [1.82, 2.24) is 14.8 Å². The summed E-state index contributed by atoms with van der Waals surface area (Å²) in [5.74, 6) is -0.0217. The van der Waals surface area contributed by atoms with Crippen LogP contribution >= 0.6 is 11.8 Å². The zero-order valence-corrected chi connectivity index (χ0v) is 12.7. The van der Waals surface area contributed by atoms with Crippen molar-refractivity contribution in [3.05, 3.63) is 5.82 Å². The first-order valence-electron chi connectivity index (χ1n) is 6.21. The molecule has 1 aromatic rings. The van der Waals surface area contributed by atoms with Crippen LogP contribution in [-0.4, -0.2) is 44.3 Å². The average Bonchev–Trinajstić information content (AvgIpc) is 2.69. The van der Waals surface area contributed by atoms with E-state index in [2.05, 4.69) is 17.1 Å². The van der Waals surface area contributed by atoms with Gasteiger partial charge in [-0.3, -0.25) is 4.79 Å². The highest BCUT2D eigenvalue weighted by atomic mass is 32.2. The third-order valence-corrected chi connectivity index (χ3v) is 3.65. The molecule has 0 saturated carbocycles. The maximum atomic E-state index is 10.6. The van der Waals surface area contributed by atoms with E-state index >= 15 is 0 Å². The number of hydrogen-bond acceptors (Lipinski definition) is 5. The van der Waals surface area contributed by atoms with Crippen LogP contribution in [0.15, 0.2) is 5.16 Å². The molecule has 19 heavy (non-hydrogen) atoms. The molecule has 1 heterocycles. The number of rotatable bonds is 8. The summed E-state index contributed by atoms with van der Waals surface area (Å²) in [5.41, 5.74) is -0.312. The van der Waals surface area contributed by atoms with E-state index in [4.69, 9.17) is 9.84 Å². The Hall–Kier alpha value is -1.08. The molecule has 0 aliphatic rings. The largest absolute Gasteiger partial charge is 0.481 e. The molecule has 0 bridgehead atoms. The number of carboxylic acids is 1. The molecular formula is C12H21N3O3S. The summed E-state index contributed by atoms with van der Waals surface area (Å²) in [4.78, 5) is 10.6. The molecular weight excluding hydrogens is 266 g/mol. The highest BCUT2D eigenvalue weighted by Crippen LogP contribution is 2.21. The summed E-state index contributed by atoms with van der Waals surface area (Å²) < 4.78 is 7.38. The van der Waals surface area contributed by atoms with E-state index in [1.807, 2.05) is 18.4 Å². The van der Waals surface area contributed by atoms with Gasteiger partial charge in [-0.1, -0.05) is 18.7 Å². The number of ether oxygens (including phenoxy) is 1. The molecule has 0 radical (unpaired) electrons. The molecule has 0 atom stereocenters. The van der Waals surface area contributed by atoms with Crippen molar-refractivity contribution in [3.63, 3.8) is 0 Å². The van der Waals surface area contributed by atoms with E-state index in [0.29, 0.717) is 11.6 Å². The van der Waals surface area contributed by atoms with Crippen LogP contribution in [0, 0.1) is 0 Å². The SMILES string of the molecule is CCCn1c(CC(C)(C)OC)nnc1SCC(=O)O. The zero-order chi connectivity index (χ0) is 14.5. The predicted molar refractivity (Wildman–Crippen MR) is 73.5 cm³/mol. The fourth-order valence-corrected chi connectivity index (χ4v) is 2.29. The van der Waals surface area contributed by atoms with Gasteiger partial charge in [0.05, 0.1) is 11.4 Å². The van der Waals surface area contributed by atoms with E-state index < -0.39 is 5.97 Å². The minimum atomic E-state index is -0.852. The lowest BCUT2D eigenvalue weighted by Gasteiger charge is -2.22. The van der Waals surface area contributed by atoms with Gasteiger partial charge in [0.25, 0.3) is 0 Å². The van der Waals surface area contributed by atoms with Crippen molar-refractivity contribution in [2.45, 2.75) is 50.9 Å². The molecule has 0 amide bonds. The van der Waals surface area contributed by atoms with Crippen LogP contribution in [0.1, 0.15) is 33.0 Å². The second-order valence-corrected chi connectivity index (χ2v) is 5.82. The third-order valence-electron chi connectivity index (χ3n) is 2.70.